The lowest BCUT2D eigenvalue weighted by Crippen LogP contribution is -2.53. The summed E-state index contributed by atoms with van der Waals surface area (Å²) in [6.07, 6.45) is 1.79. The van der Waals surface area contributed by atoms with E-state index in [9.17, 15) is 29.4 Å². The van der Waals surface area contributed by atoms with E-state index in [4.69, 9.17) is 27.9 Å². The van der Waals surface area contributed by atoms with Crippen LogP contribution in [0, 0.1) is 30.6 Å². The van der Waals surface area contributed by atoms with E-state index in [1.807, 2.05) is 6.08 Å². The highest BCUT2D eigenvalue weighted by atomic mass is 35.5. The Labute approximate surface area is 297 Å². The Kier molecular flexibility index (Phi) is 8.39. The molecule has 4 aliphatic rings. The van der Waals surface area contributed by atoms with Gasteiger partial charge in [0.05, 0.1) is 47.4 Å². The van der Waals surface area contributed by atoms with Gasteiger partial charge in [-0.3, -0.25) is 34.3 Å². The van der Waals surface area contributed by atoms with Gasteiger partial charge in [0, 0.05) is 17.5 Å². The number of nitrogens with zero attached hydrogens (tertiary/aromatic N) is 2. The predicted octanol–water partition coefficient (Wildman–Crippen LogP) is 5.48. The van der Waals surface area contributed by atoms with Crippen LogP contribution in [0.3, 0.4) is 0 Å². The van der Waals surface area contributed by atoms with Crippen molar-refractivity contribution in [2.45, 2.75) is 37.5 Å². The summed E-state index contributed by atoms with van der Waals surface area (Å²) in [4.78, 5) is 70.0. The van der Waals surface area contributed by atoms with Crippen LogP contribution in [-0.4, -0.2) is 63.4 Å². The number of hydrogen-bond donors (Lipinski definition) is 3. The van der Waals surface area contributed by atoms with Crippen LogP contribution in [0.1, 0.15) is 41.9 Å². The zero-order chi connectivity index (χ0) is 35.6. The molecular formula is C37H33Cl2N3O8. The lowest BCUT2D eigenvalue weighted by molar-refractivity contribution is -0.143. The number of likely N-dealkylation sites (tertiary alicyclic amines) is 1. The highest BCUT2D eigenvalue weighted by Crippen LogP contribution is 2.64. The smallest absolute Gasteiger partial charge is 0.305 e. The first-order chi connectivity index (χ1) is 23.9. The second kappa shape index (κ2) is 12.5. The average molecular weight is 719 g/mol. The molecule has 2 aliphatic carbocycles. The topological polar surface area (TPSA) is 154 Å². The summed E-state index contributed by atoms with van der Waals surface area (Å²) in [6.45, 7) is 1.48. The quantitative estimate of drug-likeness (QED) is 0.203. The Morgan fingerprint density at radius 3 is 2.38 bits per heavy atom. The van der Waals surface area contributed by atoms with E-state index in [0.717, 1.165) is 15.5 Å². The molecule has 13 heteroatoms. The SMILES string of the molecule is COc1ccc([C@@]23C(=O)N(Nc4ccc(Cl)cc4Cl)C(=O)[C@@H]2C[C@@H]2C(=CC[C@@H]4C(=O)N(CCC(=O)O)C(=O)[C@@H]42)[C@@H]3c2ccc(O)c(C)c2)cc1. The fourth-order valence-corrected chi connectivity index (χ4v) is 9.02. The van der Waals surface area contributed by atoms with Gasteiger partial charge in [-0.25, -0.2) is 0 Å². The number of allylic oxidation sites excluding steroid dienone is 2. The molecule has 0 aromatic heterocycles. The largest absolute Gasteiger partial charge is 0.508 e. The maximum Gasteiger partial charge on any atom is 0.305 e. The van der Waals surface area contributed by atoms with E-state index < -0.39 is 64.6 Å². The number of rotatable bonds is 8. The Balaban J connectivity index is 1.44. The Morgan fingerprint density at radius 2 is 1.72 bits per heavy atom. The average Bonchev–Trinajstić information content (AvgIpc) is 3.46. The van der Waals surface area contributed by atoms with Crippen molar-refractivity contribution < 1.29 is 38.9 Å². The van der Waals surface area contributed by atoms with Gasteiger partial charge in [-0.05, 0) is 78.8 Å². The molecule has 3 aromatic carbocycles. The molecule has 4 amide bonds. The molecule has 3 fully saturated rings. The summed E-state index contributed by atoms with van der Waals surface area (Å²) in [6, 6.07) is 16.6. The van der Waals surface area contributed by atoms with Crippen LogP contribution in [0.25, 0.3) is 0 Å². The van der Waals surface area contributed by atoms with Crippen LogP contribution >= 0.6 is 23.2 Å². The standard InChI is InChI=1S/C37H33Cl2N3O8/c1-18-15-19(3-12-29(18)43)32-23-9-10-24-31(35(48)41(33(24)46)14-13-30(44)45)25(23)17-26-34(47)42(40-28-11-6-21(38)16-27(28)39)36(49)37(26,32)20-4-7-22(50-2)8-5-20/h3-9,11-12,15-16,24-26,31-32,40,43H,10,13-14,17H2,1-2H3,(H,44,45)/t24-,25+,26-,31-,32-,37+/m0/s1. The number of ether oxygens (including phenoxy) is 1. The van der Waals surface area contributed by atoms with Crippen molar-refractivity contribution in [1.29, 1.82) is 0 Å². The minimum atomic E-state index is -1.54. The lowest BCUT2D eigenvalue weighted by Gasteiger charge is -2.50. The van der Waals surface area contributed by atoms with Gasteiger partial charge in [0.15, 0.2) is 0 Å². The van der Waals surface area contributed by atoms with Crippen molar-refractivity contribution in [2.75, 3.05) is 19.1 Å². The molecule has 258 valence electrons. The molecule has 11 nitrogen and oxygen atoms in total. The van der Waals surface area contributed by atoms with Gasteiger partial charge >= 0.3 is 5.97 Å². The normalized spacial score (nSPS) is 27.1. The molecule has 6 atom stereocenters. The number of amides is 4. The van der Waals surface area contributed by atoms with E-state index in [1.54, 1.807) is 61.5 Å². The fourth-order valence-electron chi connectivity index (χ4n) is 8.57. The molecule has 0 bridgehead atoms. The maximum absolute atomic E-state index is 15.2. The number of anilines is 1. The number of benzene rings is 3. The number of phenolic OH excluding ortho intramolecular Hbond substituents is 1. The highest BCUT2D eigenvalue weighted by molar-refractivity contribution is 6.36. The summed E-state index contributed by atoms with van der Waals surface area (Å²) < 4.78 is 5.43. The number of phenols is 1. The molecule has 2 aliphatic heterocycles. The van der Waals surface area contributed by atoms with Gasteiger partial charge < -0.3 is 14.9 Å². The molecule has 0 unspecified atom stereocenters. The molecule has 2 saturated heterocycles. The van der Waals surface area contributed by atoms with E-state index in [-0.39, 0.29) is 42.3 Å². The van der Waals surface area contributed by atoms with E-state index in [1.165, 1.54) is 13.2 Å². The second-order valence-corrected chi connectivity index (χ2v) is 14.1. The number of halogens is 2. The van der Waals surface area contributed by atoms with Gasteiger partial charge in [-0.2, -0.15) is 5.01 Å². The molecule has 50 heavy (non-hydrogen) atoms. The number of aryl methyl sites for hydroxylation is 1. The van der Waals surface area contributed by atoms with Crippen LogP contribution in [0.2, 0.25) is 10.0 Å². The molecular weight excluding hydrogens is 685 g/mol. The first-order valence-electron chi connectivity index (χ1n) is 16.2. The summed E-state index contributed by atoms with van der Waals surface area (Å²) in [5.74, 6) is -6.55. The van der Waals surface area contributed by atoms with Gasteiger partial charge in [0.1, 0.15) is 11.5 Å². The number of aliphatic carboxylic acids is 1. The lowest BCUT2D eigenvalue weighted by atomic mass is 9.49. The third kappa shape index (κ3) is 5.05. The summed E-state index contributed by atoms with van der Waals surface area (Å²) in [5, 5.41) is 21.4. The van der Waals surface area contributed by atoms with Crippen molar-refractivity contribution >= 4 is 58.5 Å². The number of methoxy groups -OCH3 is 1. The number of imide groups is 2. The van der Waals surface area contributed by atoms with Crippen molar-refractivity contribution in [3.05, 3.63) is 99.0 Å². The number of carboxylic acids is 1. The number of carboxylic acid groups (broad SMARTS) is 1. The van der Waals surface area contributed by atoms with E-state index in [0.29, 0.717) is 27.5 Å². The summed E-state index contributed by atoms with van der Waals surface area (Å²) in [5.41, 5.74) is 4.16. The molecule has 7 rings (SSSR count). The third-order valence-corrected chi connectivity index (χ3v) is 11.3. The zero-order valence-electron chi connectivity index (χ0n) is 27.1. The minimum Gasteiger partial charge on any atom is -0.508 e. The molecule has 0 spiro atoms. The van der Waals surface area contributed by atoms with Gasteiger partial charge in [0.25, 0.3) is 11.8 Å². The zero-order valence-corrected chi connectivity index (χ0v) is 28.6. The Bertz CT molecular complexity index is 2000. The van der Waals surface area contributed by atoms with Crippen LogP contribution in [0.5, 0.6) is 11.5 Å². The number of hydrogen-bond acceptors (Lipinski definition) is 8. The Hall–Kier alpha value is -4.87. The van der Waals surface area contributed by atoms with E-state index in [2.05, 4.69) is 5.43 Å². The van der Waals surface area contributed by atoms with Gasteiger partial charge in [0.2, 0.25) is 11.8 Å². The number of carbonyl (C=O) groups excluding carboxylic acids is 4. The van der Waals surface area contributed by atoms with Crippen LogP contribution in [-0.2, 0) is 29.4 Å². The van der Waals surface area contributed by atoms with Crippen LogP contribution in [0.15, 0.2) is 72.3 Å². The number of nitrogens with one attached hydrogen (secondary N) is 1. The molecule has 1 saturated carbocycles. The van der Waals surface area contributed by atoms with Gasteiger partial charge in [-0.1, -0.05) is 59.1 Å². The van der Waals surface area contributed by atoms with Crippen molar-refractivity contribution in [1.82, 2.24) is 9.91 Å². The molecule has 2 heterocycles. The first-order valence-corrected chi connectivity index (χ1v) is 16.9. The molecule has 0 radical (unpaired) electrons. The van der Waals surface area contributed by atoms with Crippen molar-refractivity contribution in [3.63, 3.8) is 0 Å². The highest BCUT2D eigenvalue weighted by Gasteiger charge is 2.70. The monoisotopic (exact) mass is 717 g/mol. The van der Waals surface area contributed by atoms with Crippen LogP contribution in [0.4, 0.5) is 5.69 Å². The fraction of sp³-hybridized carbons (Fsp3) is 0.324. The third-order valence-electron chi connectivity index (χ3n) is 10.8. The summed E-state index contributed by atoms with van der Waals surface area (Å²) >= 11 is 12.6. The maximum atomic E-state index is 15.2. The number of carbonyl (C=O) groups is 5. The first kappa shape index (κ1) is 33.6. The van der Waals surface area contributed by atoms with E-state index >= 15 is 4.79 Å². The minimum absolute atomic E-state index is 0.0500. The van der Waals surface area contributed by atoms with Crippen molar-refractivity contribution in [2.24, 2.45) is 23.7 Å². The molecule has 3 aromatic rings. The predicted molar refractivity (Wildman–Crippen MR) is 182 cm³/mol. The number of aromatic hydroxyl groups is 1. The van der Waals surface area contributed by atoms with Crippen LogP contribution < -0.4 is 10.2 Å². The second-order valence-electron chi connectivity index (χ2n) is 13.2. The molecule has 3 N–H and O–H groups in total. The summed E-state index contributed by atoms with van der Waals surface area (Å²) in [7, 11) is 1.53. The van der Waals surface area contributed by atoms with Gasteiger partial charge in [-0.15, -0.1) is 0 Å². The number of fused-ring (bicyclic) bond motifs is 4. The Morgan fingerprint density at radius 1 is 0.980 bits per heavy atom. The number of hydrazine groups is 1. The van der Waals surface area contributed by atoms with Crippen molar-refractivity contribution in [3.8, 4) is 11.5 Å².